The van der Waals surface area contributed by atoms with E-state index < -0.39 is 0 Å². The lowest BCUT2D eigenvalue weighted by Crippen LogP contribution is -2.15. The van der Waals surface area contributed by atoms with Crippen molar-refractivity contribution in [3.63, 3.8) is 0 Å². The van der Waals surface area contributed by atoms with Gasteiger partial charge in [-0.3, -0.25) is 0 Å². The molecule has 1 aromatic carbocycles. The lowest BCUT2D eigenvalue weighted by atomic mass is 10.3. The molecule has 0 aliphatic heterocycles. The molecule has 1 aromatic rings. The maximum Gasteiger partial charge on any atom is 0.0684 e. The first kappa shape index (κ1) is 10.8. The number of anilines is 1. The van der Waals surface area contributed by atoms with Crippen molar-refractivity contribution in [1.82, 2.24) is 0 Å². The summed E-state index contributed by atoms with van der Waals surface area (Å²) in [6, 6.07) is 5.49. The highest BCUT2D eigenvalue weighted by atomic mass is 79.9. The summed E-state index contributed by atoms with van der Waals surface area (Å²) in [5.41, 5.74) is 0.897. The third-order valence-electron chi connectivity index (χ3n) is 1.52. The van der Waals surface area contributed by atoms with Gasteiger partial charge in [-0.25, -0.2) is 0 Å². The van der Waals surface area contributed by atoms with Gasteiger partial charge < -0.3 is 10.4 Å². The van der Waals surface area contributed by atoms with Gasteiger partial charge in [0.05, 0.1) is 6.10 Å². The number of hydrogen-bond donors (Lipinski definition) is 2. The Morgan fingerprint density at radius 3 is 2.92 bits per heavy atom. The van der Waals surface area contributed by atoms with E-state index in [9.17, 15) is 0 Å². The van der Waals surface area contributed by atoms with Crippen LogP contribution in [0.2, 0.25) is 5.02 Å². The molecule has 0 saturated heterocycles. The van der Waals surface area contributed by atoms with Gasteiger partial charge in [0, 0.05) is 21.7 Å². The van der Waals surface area contributed by atoms with Gasteiger partial charge in [0.1, 0.15) is 0 Å². The normalized spacial score (nSPS) is 12.6. The van der Waals surface area contributed by atoms with Crippen molar-refractivity contribution < 1.29 is 5.11 Å². The Morgan fingerprint density at radius 1 is 1.62 bits per heavy atom. The zero-order chi connectivity index (χ0) is 9.84. The van der Waals surface area contributed by atoms with Crippen LogP contribution in [0.25, 0.3) is 0 Å². The number of rotatable bonds is 3. The van der Waals surface area contributed by atoms with Gasteiger partial charge in [-0.2, -0.15) is 0 Å². The van der Waals surface area contributed by atoms with E-state index in [1.54, 1.807) is 13.0 Å². The molecule has 1 rings (SSSR count). The van der Waals surface area contributed by atoms with Gasteiger partial charge in [-0.05, 0) is 41.1 Å². The molecular weight excluding hydrogens is 253 g/mol. The van der Waals surface area contributed by atoms with Crippen LogP contribution in [0.3, 0.4) is 0 Å². The molecule has 1 atom stereocenters. The van der Waals surface area contributed by atoms with E-state index in [2.05, 4.69) is 21.2 Å². The minimum Gasteiger partial charge on any atom is -0.392 e. The zero-order valence-corrected chi connectivity index (χ0v) is 9.56. The van der Waals surface area contributed by atoms with Gasteiger partial charge in [-0.1, -0.05) is 11.6 Å². The first-order valence-electron chi connectivity index (χ1n) is 3.96. The molecule has 0 heterocycles. The number of benzene rings is 1. The molecule has 0 aliphatic carbocycles. The molecule has 72 valence electrons. The quantitative estimate of drug-likeness (QED) is 0.880. The molecule has 0 radical (unpaired) electrons. The summed E-state index contributed by atoms with van der Waals surface area (Å²) in [6.45, 7) is 2.24. The summed E-state index contributed by atoms with van der Waals surface area (Å²) in [6.07, 6.45) is -0.370. The molecule has 0 saturated carbocycles. The highest BCUT2D eigenvalue weighted by Crippen LogP contribution is 2.25. The van der Waals surface area contributed by atoms with E-state index in [-0.39, 0.29) is 6.10 Å². The molecular formula is C9H11BrClNO. The second kappa shape index (κ2) is 4.84. The molecule has 4 heteroatoms. The molecule has 2 nitrogen and oxygen atoms in total. The monoisotopic (exact) mass is 263 g/mol. The molecule has 2 N–H and O–H groups in total. The number of aliphatic hydroxyl groups is 1. The topological polar surface area (TPSA) is 32.3 Å². The molecule has 0 aromatic heterocycles. The third kappa shape index (κ3) is 3.55. The number of hydrogen-bond acceptors (Lipinski definition) is 2. The summed E-state index contributed by atoms with van der Waals surface area (Å²) >= 11 is 9.19. The Kier molecular flexibility index (Phi) is 4.03. The molecule has 0 bridgehead atoms. The maximum atomic E-state index is 9.06. The summed E-state index contributed by atoms with van der Waals surface area (Å²) in [7, 11) is 0. The number of aliphatic hydroxyl groups excluding tert-OH is 1. The van der Waals surface area contributed by atoms with Gasteiger partial charge in [0.25, 0.3) is 0 Å². The first-order chi connectivity index (χ1) is 6.09. The molecule has 0 aliphatic rings. The largest absolute Gasteiger partial charge is 0.392 e. The minimum atomic E-state index is -0.370. The predicted molar refractivity (Wildman–Crippen MR) is 59.3 cm³/mol. The SMILES string of the molecule is C[C@H](O)CNc1cc(Cl)ccc1Br. The van der Waals surface area contributed by atoms with Crippen molar-refractivity contribution in [3.05, 3.63) is 27.7 Å². The third-order valence-corrected chi connectivity index (χ3v) is 2.44. The van der Waals surface area contributed by atoms with Crippen LogP contribution in [-0.4, -0.2) is 17.8 Å². The van der Waals surface area contributed by atoms with Gasteiger partial charge in [0.15, 0.2) is 0 Å². The van der Waals surface area contributed by atoms with Crippen molar-refractivity contribution in [2.45, 2.75) is 13.0 Å². The van der Waals surface area contributed by atoms with Crippen LogP contribution in [0.1, 0.15) is 6.92 Å². The maximum absolute atomic E-state index is 9.06. The van der Waals surface area contributed by atoms with Crippen molar-refractivity contribution in [2.75, 3.05) is 11.9 Å². The summed E-state index contributed by atoms with van der Waals surface area (Å²) < 4.78 is 0.942. The lowest BCUT2D eigenvalue weighted by Gasteiger charge is -2.10. The second-order valence-corrected chi connectivity index (χ2v) is 4.14. The van der Waals surface area contributed by atoms with E-state index in [0.29, 0.717) is 11.6 Å². The Morgan fingerprint density at radius 2 is 2.31 bits per heavy atom. The minimum absolute atomic E-state index is 0.370. The Hall–Kier alpha value is -0.250. The fraction of sp³-hybridized carbons (Fsp3) is 0.333. The van der Waals surface area contributed by atoms with E-state index >= 15 is 0 Å². The summed E-state index contributed by atoms with van der Waals surface area (Å²) in [5.74, 6) is 0. The van der Waals surface area contributed by atoms with Crippen LogP contribution in [0.5, 0.6) is 0 Å². The number of nitrogens with one attached hydrogen (secondary N) is 1. The fourth-order valence-corrected chi connectivity index (χ4v) is 1.45. The predicted octanol–water partition coefficient (Wildman–Crippen LogP) is 2.90. The molecule has 0 amide bonds. The van der Waals surface area contributed by atoms with Crippen molar-refractivity contribution in [1.29, 1.82) is 0 Å². The Bertz CT molecular complexity index is 291. The molecule has 13 heavy (non-hydrogen) atoms. The van der Waals surface area contributed by atoms with Gasteiger partial charge in [0.2, 0.25) is 0 Å². The molecule has 0 fully saturated rings. The van der Waals surface area contributed by atoms with Crippen molar-refractivity contribution in [3.8, 4) is 0 Å². The van der Waals surface area contributed by atoms with Crippen LogP contribution in [-0.2, 0) is 0 Å². The van der Waals surface area contributed by atoms with Crippen LogP contribution < -0.4 is 5.32 Å². The van der Waals surface area contributed by atoms with Crippen molar-refractivity contribution >= 4 is 33.2 Å². The van der Waals surface area contributed by atoms with Crippen LogP contribution in [0.15, 0.2) is 22.7 Å². The Balaban J connectivity index is 2.70. The van der Waals surface area contributed by atoms with E-state index in [0.717, 1.165) is 10.2 Å². The average molecular weight is 265 g/mol. The highest BCUT2D eigenvalue weighted by molar-refractivity contribution is 9.10. The first-order valence-corrected chi connectivity index (χ1v) is 5.13. The van der Waals surface area contributed by atoms with Gasteiger partial charge in [-0.15, -0.1) is 0 Å². The summed E-state index contributed by atoms with van der Waals surface area (Å²) in [5, 5.41) is 12.8. The number of halogens is 2. The molecule has 0 spiro atoms. The lowest BCUT2D eigenvalue weighted by molar-refractivity contribution is 0.208. The van der Waals surface area contributed by atoms with Crippen LogP contribution >= 0.6 is 27.5 Å². The van der Waals surface area contributed by atoms with Crippen LogP contribution in [0, 0.1) is 0 Å². The summed E-state index contributed by atoms with van der Waals surface area (Å²) in [4.78, 5) is 0. The van der Waals surface area contributed by atoms with E-state index in [4.69, 9.17) is 16.7 Å². The van der Waals surface area contributed by atoms with Gasteiger partial charge >= 0.3 is 0 Å². The Labute approximate surface area is 91.0 Å². The molecule has 0 unspecified atom stereocenters. The fourth-order valence-electron chi connectivity index (χ4n) is 0.891. The average Bonchev–Trinajstić information content (AvgIpc) is 2.06. The highest BCUT2D eigenvalue weighted by Gasteiger charge is 2.01. The standard InChI is InChI=1S/C9H11BrClNO/c1-6(13)5-12-9-4-7(11)2-3-8(9)10/h2-4,6,12-13H,5H2,1H3/t6-/m0/s1. The second-order valence-electron chi connectivity index (χ2n) is 2.85. The van der Waals surface area contributed by atoms with E-state index in [1.165, 1.54) is 0 Å². The van der Waals surface area contributed by atoms with E-state index in [1.807, 2.05) is 12.1 Å². The zero-order valence-electron chi connectivity index (χ0n) is 7.22. The smallest absolute Gasteiger partial charge is 0.0684 e. The van der Waals surface area contributed by atoms with Crippen molar-refractivity contribution in [2.24, 2.45) is 0 Å². The van der Waals surface area contributed by atoms with Crippen LogP contribution in [0.4, 0.5) is 5.69 Å².